The maximum atomic E-state index is 12.5. The predicted molar refractivity (Wildman–Crippen MR) is 132 cm³/mol. The van der Waals surface area contributed by atoms with Gasteiger partial charge in [-0.2, -0.15) is 0 Å². The number of ether oxygens (including phenoxy) is 1. The van der Waals surface area contributed by atoms with Crippen LogP contribution in [0.25, 0.3) is 0 Å². The Kier molecular flexibility index (Phi) is 7.81. The second-order valence-electron chi connectivity index (χ2n) is 7.14. The van der Waals surface area contributed by atoms with Gasteiger partial charge in [-0.15, -0.1) is 0 Å². The SMILES string of the molecule is CC(C)Oc1ccc(C(=O)NC(=S)Nc2cccc(C(=O)Nc3cccc(Cl)c3)c2)cc1. The third-order valence-electron chi connectivity index (χ3n) is 4.18. The average Bonchev–Trinajstić information content (AvgIpc) is 2.74. The zero-order valence-electron chi connectivity index (χ0n) is 17.5. The van der Waals surface area contributed by atoms with Gasteiger partial charge < -0.3 is 15.4 Å². The minimum atomic E-state index is -0.353. The average molecular weight is 468 g/mol. The van der Waals surface area contributed by atoms with E-state index in [2.05, 4.69) is 16.0 Å². The van der Waals surface area contributed by atoms with Crippen molar-refractivity contribution in [2.75, 3.05) is 10.6 Å². The lowest BCUT2D eigenvalue weighted by Crippen LogP contribution is -2.34. The van der Waals surface area contributed by atoms with Crippen molar-refractivity contribution in [3.05, 3.63) is 88.9 Å². The van der Waals surface area contributed by atoms with Gasteiger partial charge >= 0.3 is 0 Å². The number of thiocarbonyl (C=S) groups is 1. The summed E-state index contributed by atoms with van der Waals surface area (Å²) in [7, 11) is 0. The Morgan fingerprint density at radius 1 is 0.844 bits per heavy atom. The molecule has 0 bridgehead atoms. The summed E-state index contributed by atoms with van der Waals surface area (Å²) in [5.41, 5.74) is 2.02. The van der Waals surface area contributed by atoms with Crippen molar-refractivity contribution in [3.8, 4) is 5.75 Å². The van der Waals surface area contributed by atoms with Gasteiger partial charge in [-0.3, -0.25) is 14.9 Å². The maximum Gasteiger partial charge on any atom is 0.257 e. The number of carbonyl (C=O) groups excluding carboxylic acids is 2. The summed E-state index contributed by atoms with van der Waals surface area (Å²) in [5, 5.41) is 8.98. The number of hydrogen-bond acceptors (Lipinski definition) is 4. The van der Waals surface area contributed by atoms with Crippen molar-refractivity contribution in [2.45, 2.75) is 20.0 Å². The van der Waals surface area contributed by atoms with E-state index < -0.39 is 0 Å². The van der Waals surface area contributed by atoms with Crippen LogP contribution in [0.2, 0.25) is 5.02 Å². The van der Waals surface area contributed by atoms with E-state index in [0.29, 0.717) is 33.3 Å². The molecule has 3 aromatic rings. The number of rotatable bonds is 6. The Morgan fingerprint density at radius 2 is 1.50 bits per heavy atom. The molecule has 164 valence electrons. The number of nitrogens with one attached hydrogen (secondary N) is 3. The molecule has 3 aromatic carbocycles. The van der Waals surface area contributed by atoms with Crippen LogP contribution < -0.4 is 20.7 Å². The lowest BCUT2D eigenvalue weighted by molar-refractivity contribution is 0.0976. The van der Waals surface area contributed by atoms with Crippen LogP contribution in [0.5, 0.6) is 5.75 Å². The lowest BCUT2D eigenvalue weighted by atomic mass is 10.2. The van der Waals surface area contributed by atoms with E-state index in [1.807, 2.05) is 13.8 Å². The molecule has 0 saturated carbocycles. The Morgan fingerprint density at radius 3 is 2.16 bits per heavy atom. The van der Waals surface area contributed by atoms with E-state index in [4.69, 9.17) is 28.6 Å². The molecule has 3 N–H and O–H groups in total. The largest absolute Gasteiger partial charge is 0.491 e. The normalized spacial score (nSPS) is 10.4. The molecule has 6 nitrogen and oxygen atoms in total. The number of anilines is 2. The van der Waals surface area contributed by atoms with Crippen LogP contribution in [0, 0.1) is 0 Å². The summed E-state index contributed by atoms with van der Waals surface area (Å²) in [5.74, 6) is 0.0353. The Hall–Kier alpha value is -3.42. The quantitative estimate of drug-likeness (QED) is 0.417. The minimum absolute atomic E-state index is 0.0507. The fourth-order valence-corrected chi connectivity index (χ4v) is 3.20. The van der Waals surface area contributed by atoms with Crippen molar-refractivity contribution >= 4 is 52.1 Å². The van der Waals surface area contributed by atoms with Gasteiger partial charge in [0.15, 0.2) is 5.11 Å². The number of benzene rings is 3. The van der Waals surface area contributed by atoms with Crippen LogP contribution in [0.15, 0.2) is 72.8 Å². The van der Waals surface area contributed by atoms with E-state index in [9.17, 15) is 9.59 Å². The molecule has 0 heterocycles. The lowest BCUT2D eigenvalue weighted by Gasteiger charge is -2.12. The highest BCUT2D eigenvalue weighted by atomic mass is 35.5. The standard InChI is InChI=1S/C24H22ClN3O3S/c1-15(2)31-21-11-9-16(10-12-21)22(29)28-24(32)27-19-7-3-5-17(13-19)23(30)26-20-8-4-6-18(25)14-20/h3-15H,1-2H3,(H,26,30)(H2,27,28,29,32). The van der Waals surface area contributed by atoms with Gasteiger partial charge in [0.05, 0.1) is 6.10 Å². The molecule has 0 aliphatic heterocycles. The molecule has 0 aromatic heterocycles. The van der Waals surface area contributed by atoms with Crippen molar-refractivity contribution in [1.29, 1.82) is 0 Å². The first-order chi connectivity index (χ1) is 15.3. The van der Waals surface area contributed by atoms with Gasteiger partial charge in [0, 0.05) is 27.5 Å². The topological polar surface area (TPSA) is 79.5 Å². The van der Waals surface area contributed by atoms with Crippen LogP contribution in [0.3, 0.4) is 0 Å². The smallest absolute Gasteiger partial charge is 0.257 e. The minimum Gasteiger partial charge on any atom is -0.491 e. The molecule has 8 heteroatoms. The molecule has 3 rings (SSSR count). The van der Waals surface area contributed by atoms with Crippen molar-refractivity contribution in [2.24, 2.45) is 0 Å². The molecule has 32 heavy (non-hydrogen) atoms. The van der Waals surface area contributed by atoms with Gasteiger partial charge in [0.2, 0.25) is 0 Å². The molecule has 0 fully saturated rings. The van der Waals surface area contributed by atoms with Crippen LogP contribution in [-0.4, -0.2) is 23.0 Å². The number of amides is 2. The molecule has 0 aliphatic rings. The molecule has 2 amide bonds. The summed E-state index contributed by atoms with van der Waals surface area (Å²) in [6.07, 6.45) is 0.0507. The number of carbonyl (C=O) groups is 2. The first-order valence-electron chi connectivity index (χ1n) is 9.86. The van der Waals surface area contributed by atoms with Crippen molar-refractivity contribution in [1.82, 2.24) is 5.32 Å². The van der Waals surface area contributed by atoms with E-state index in [0.717, 1.165) is 0 Å². The van der Waals surface area contributed by atoms with E-state index in [-0.39, 0.29) is 23.0 Å². The molecule has 0 radical (unpaired) electrons. The highest BCUT2D eigenvalue weighted by Crippen LogP contribution is 2.18. The summed E-state index contributed by atoms with van der Waals surface area (Å²) < 4.78 is 5.57. The first-order valence-corrected chi connectivity index (χ1v) is 10.6. The number of hydrogen-bond donors (Lipinski definition) is 3. The second kappa shape index (κ2) is 10.7. The molecular formula is C24H22ClN3O3S. The first kappa shape index (κ1) is 23.2. The van der Waals surface area contributed by atoms with Gasteiger partial charge in [0.25, 0.3) is 11.8 Å². The highest BCUT2D eigenvalue weighted by molar-refractivity contribution is 7.80. The third-order valence-corrected chi connectivity index (χ3v) is 4.62. The van der Waals surface area contributed by atoms with Crippen molar-refractivity contribution < 1.29 is 14.3 Å². The molecule has 0 atom stereocenters. The number of halogens is 1. The van der Waals surface area contributed by atoms with Crippen LogP contribution in [-0.2, 0) is 0 Å². The molecular weight excluding hydrogens is 446 g/mol. The Labute approximate surface area is 196 Å². The van der Waals surface area contributed by atoms with Gasteiger partial charge in [-0.1, -0.05) is 23.7 Å². The maximum absolute atomic E-state index is 12.5. The fraction of sp³-hybridized carbons (Fsp3) is 0.125. The Balaban J connectivity index is 1.59. The monoisotopic (exact) mass is 467 g/mol. The molecule has 0 spiro atoms. The predicted octanol–water partition coefficient (Wildman–Crippen LogP) is 5.51. The van der Waals surface area contributed by atoms with Crippen molar-refractivity contribution in [3.63, 3.8) is 0 Å². The van der Waals surface area contributed by atoms with Gasteiger partial charge in [-0.05, 0) is 86.7 Å². The zero-order valence-corrected chi connectivity index (χ0v) is 19.1. The van der Waals surface area contributed by atoms with Gasteiger partial charge in [-0.25, -0.2) is 0 Å². The molecule has 0 aliphatic carbocycles. The van der Waals surface area contributed by atoms with E-state index in [1.54, 1.807) is 72.8 Å². The highest BCUT2D eigenvalue weighted by Gasteiger charge is 2.11. The summed E-state index contributed by atoms with van der Waals surface area (Å²) in [4.78, 5) is 25.0. The third kappa shape index (κ3) is 6.80. The van der Waals surface area contributed by atoms with Crippen LogP contribution in [0.1, 0.15) is 34.6 Å². The summed E-state index contributed by atoms with van der Waals surface area (Å²) in [6, 6.07) is 20.4. The molecule has 0 saturated heterocycles. The fourth-order valence-electron chi connectivity index (χ4n) is 2.80. The Bertz CT molecular complexity index is 1130. The molecule has 0 unspecified atom stereocenters. The van der Waals surface area contributed by atoms with E-state index in [1.165, 1.54) is 0 Å². The zero-order chi connectivity index (χ0) is 23.1. The van der Waals surface area contributed by atoms with Gasteiger partial charge in [0.1, 0.15) is 5.75 Å². The summed E-state index contributed by atoms with van der Waals surface area (Å²) in [6.45, 7) is 3.86. The van der Waals surface area contributed by atoms with Crippen LogP contribution in [0.4, 0.5) is 11.4 Å². The van der Waals surface area contributed by atoms with E-state index >= 15 is 0 Å². The second-order valence-corrected chi connectivity index (χ2v) is 7.99. The summed E-state index contributed by atoms with van der Waals surface area (Å²) >= 11 is 11.2. The van der Waals surface area contributed by atoms with Crippen LogP contribution >= 0.6 is 23.8 Å².